The predicted octanol–water partition coefficient (Wildman–Crippen LogP) is 2.82. The van der Waals surface area contributed by atoms with Crippen molar-refractivity contribution in [1.29, 1.82) is 0 Å². The second kappa shape index (κ2) is 6.72. The molecule has 0 bridgehead atoms. The minimum atomic E-state index is -0.800. The highest BCUT2D eigenvalue weighted by Crippen LogP contribution is 2.25. The molecule has 0 aliphatic rings. The fraction of sp³-hybridized carbons (Fsp3) is 0.462. The third-order valence-electron chi connectivity index (χ3n) is 3.05. The van der Waals surface area contributed by atoms with Gasteiger partial charge in [0.2, 0.25) is 0 Å². The number of nitrogens with one attached hydrogen (secondary N) is 1. The molecule has 6 nitrogen and oxygen atoms in total. The van der Waals surface area contributed by atoms with E-state index in [1.54, 1.807) is 26.0 Å². The van der Waals surface area contributed by atoms with E-state index in [1.807, 2.05) is 0 Å². The number of nitro groups is 1. The Hall–Kier alpha value is -2.11. The molecular formula is C13H18N2O4. The fourth-order valence-electron chi connectivity index (χ4n) is 1.77. The van der Waals surface area contributed by atoms with Gasteiger partial charge in [-0.2, -0.15) is 0 Å². The van der Waals surface area contributed by atoms with Crippen molar-refractivity contribution < 1.29 is 14.8 Å². The Balaban J connectivity index is 2.52. The lowest BCUT2D eigenvalue weighted by atomic mass is 10.1. The molecule has 0 saturated carbocycles. The molecule has 1 unspecified atom stereocenters. The predicted molar refractivity (Wildman–Crippen MR) is 72.4 cm³/mol. The summed E-state index contributed by atoms with van der Waals surface area (Å²) in [6, 6.07) is 4.88. The Labute approximate surface area is 111 Å². The summed E-state index contributed by atoms with van der Waals surface area (Å²) in [4.78, 5) is 21.0. The molecular weight excluding hydrogens is 248 g/mol. The molecule has 1 rings (SSSR count). The number of hydrogen-bond donors (Lipinski definition) is 2. The molecule has 0 radical (unpaired) electrons. The third-order valence-corrected chi connectivity index (χ3v) is 3.05. The highest BCUT2D eigenvalue weighted by molar-refractivity contribution is 5.69. The summed E-state index contributed by atoms with van der Waals surface area (Å²) in [5, 5.41) is 22.6. The zero-order valence-corrected chi connectivity index (χ0v) is 11.0. The second-order valence-electron chi connectivity index (χ2n) is 4.52. The maximum absolute atomic E-state index is 10.8. The first-order chi connectivity index (χ1) is 8.93. The summed E-state index contributed by atoms with van der Waals surface area (Å²) in [6.07, 6.45) is 1.28. The van der Waals surface area contributed by atoms with E-state index in [1.165, 1.54) is 6.07 Å². The zero-order valence-electron chi connectivity index (χ0n) is 11.0. The SMILES string of the molecule is Cc1c(NCCCC(C)C(=O)O)cccc1[N+](=O)[O-]. The largest absolute Gasteiger partial charge is 0.481 e. The zero-order chi connectivity index (χ0) is 14.4. The van der Waals surface area contributed by atoms with Gasteiger partial charge in [-0.25, -0.2) is 0 Å². The number of carboxylic acids is 1. The van der Waals surface area contributed by atoms with Gasteiger partial charge in [-0.3, -0.25) is 14.9 Å². The summed E-state index contributed by atoms with van der Waals surface area (Å²) in [7, 11) is 0. The smallest absolute Gasteiger partial charge is 0.306 e. The van der Waals surface area contributed by atoms with Gasteiger partial charge in [-0.15, -0.1) is 0 Å². The lowest BCUT2D eigenvalue weighted by Gasteiger charge is -2.10. The molecule has 0 fully saturated rings. The molecule has 0 heterocycles. The van der Waals surface area contributed by atoms with Crippen LogP contribution in [0.1, 0.15) is 25.3 Å². The highest BCUT2D eigenvalue weighted by Gasteiger charge is 2.13. The minimum Gasteiger partial charge on any atom is -0.481 e. The van der Waals surface area contributed by atoms with Crippen molar-refractivity contribution in [3.63, 3.8) is 0 Å². The molecule has 0 aromatic heterocycles. The number of carbonyl (C=O) groups is 1. The van der Waals surface area contributed by atoms with E-state index in [9.17, 15) is 14.9 Å². The van der Waals surface area contributed by atoms with Crippen molar-refractivity contribution in [1.82, 2.24) is 0 Å². The fourth-order valence-corrected chi connectivity index (χ4v) is 1.77. The van der Waals surface area contributed by atoms with Gasteiger partial charge in [0, 0.05) is 23.9 Å². The van der Waals surface area contributed by atoms with Crippen LogP contribution in [-0.2, 0) is 4.79 Å². The first-order valence-electron chi connectivity index (χ1n) is 6.14. The molecule has 1 atom stereocenters. The normalized spacial score (nSPS) is 11.9. The Morgan fingerprint density at radius 1 is 1.53 bits per heavy atom. The van der Waals surface area contributed by atoms with Gasteiger partial charge >= 0.3 is 5.97 Å². The van der Waals surface area contributed by atoms with E-state index < -0.39 is 10.9 Å². The van der Waals surface area contributed by atoms with Gasteiger partial charge in [0.25, 0.3) is 5.69 Å². The summed E-state index contributed by atoms with van der Waals surface area (Å²) in [5.41, 5.74) is 1.40. The molecule has 0 spiro atoms. The van der Waals surface area contributed by atoms with Crippen molar-refractivity contribution in [2.75, 3.05) is 11.9 Å². The molecule has 19 heavy (non-hydrogen) atoms. The Morgan fingerprint density at radius 2 is 2.21 bits per heavy atom. The number of hydrogen-bond acceptors (Lipinski definition) is 4. The van der Waals surface area contributed by atoms with Crippen molar-refractivity contribution in [2.45, 2.75) is 26.7 Å². The summed E-state index contributed by atoms with van der Waals surface area (Å²) in [6.45, 7) is 3.96. The van der Waals surface area contributed by atoms with E-state index in [2.05, 4.69) is 5.32 Å². The molecule has 0 amide bonds. The van der Waals surface area contributed by atoms with Crippen LogP contribution in [0.25, 0.3) is 0 Å². The van der Waals surface area contributed by atoms with Crippen LogP contribution in [0.3, 0.4) is 0 Å². The van der Waals surface area contributed by atoms with Crippen LogP contribution >= 0.6 is 0 Å². The number of anilines is 1. The van der Waals surface area contributed by atoms with E-state index in [0.29, 0.717) is 24.9 Å². The lowest BCUT2D eigenvalue weighted by Crippen LogP contribution is -2.12. The van der Waals surface area contributed by atoms with Gasteiger partial charge in [0.05, 0.1) is 10.8 Å². The molecule has 0 aliphatic heterocycles. The molecule has 0 aliphatic carbocycles. The number of nitro benzene ring substituents is 1. The van der Waals surface area contributed by atoms with Crippen LogP contribution < -0.4 is 5.32 Å². The minimum absolute atomic E-state index is 0.0869. The maximum atomic E-state index is 10.8. The topological polar surface area (TPSA) is 92.5 Å². The van der Waals surface area contributed by atoms with Crippen LogP contribution in [0.15, 0.2) is 18.2 Å². The summed E-state index contributed by atoms with van der Waals surface area (Å²) < 4.78 is 0. The van der Waals surface area contributed by atoms with Gasteiger partial charge in [0.1, 0.15) is 0 Å². The molecule has 104 valence electrons. The van der Waals surface area contributed by atoms with E-state index >= 15 is 0 Å². The van der Waals surface area contributed by atoms with Gasteiger partial charge in [0.15, 0.2) is 0 Å². The average molecular weight is 266 g/mol. The lowest BCUT2D eigenvalue weighted by molar-refractivity contribution is -0.385. The Morgan fingerprint density at radius 3 is 2.79 bits per heavy atom. The number of nitrogens with zero attached hydrogens (tertiary/aromatic N) is 1. The summed E-state index contributed by atoms with van der Waals surface area (Å²) >= 11 is 0. The Kier molecular flexibility index (Phi) is 5.29. The Bertz CT molecular complexity index is 474. The number of benzene rings is 1. The number of rotatable bonds is 7. The third kappa shape index (κ3) is 4.24. The van der Waals surface area contributed by atoms with Crippen LogP contribution in [0.5, 0.6) is 0 Å². The van der Waals surface area contributed by atoms with Gasteiger partial charge in [-0.05, 0) is 25.8 Å². The van der Waals surface area contributed by atoms with Crippen molar-refractivity contribution >= 4 is 17.3 Å². The van der Waals surface area contributed by atoms with Crippen molar-refractivity contribution in [2.24, 2.45) is 5.92 Å². The molecule has 1 aromatic rings. The van der Waals surface area contributed by atoms with Crippen molar-refractivity contribution in [3.8, 4) is 0 Å². The van der Waals surface area contributed by atoms with E-state index in [4.69, 9.17) is 5.11 Å². The van der Waals surface area contributed by atoms with Crippen molar-refractivity contribution in [3.05, 3.63) is 33.9 Å². The first-order valence-corrected chi connectivity index (χ1v) is 6.14. The standard InChI is InChI=1S/C13H18N2O4/c1-9(13(16)17)5-4-8-14-11-6-3-7-12(10(11)2)15(18)19/h3,6-7,9,14H,4-5,8H2,1-2H3,(H,16,17). The maximum Gasteiger partial charge on any atom is 0.306 e. The molecule has 1 aromatic carbocycles. The van der Waals surface area contributed by atoms with E-state index in [0.717, 1.165) is 5.69 Å². The van der Waals surface area contributed by atoms with E-state index in [-0.39, 0.29) is 11.6 Å². The van der Waals surface area contributed by atoms with Crippen LogP contribution in [-0.4, -0.2) is 22.5 Å². The monoisotopic (exact) mass is 266 g/mol. The molecule has 6 heteroatoms. The quantitative estimate of drug-likeness (QED) is 0.449. The first kappa shape index (κ1) is 14.9. The molecule has 0 saturated heterocycles. The molecule has 2 N–H and O–H groups in total. The number of carboxylic acid groups (broad SMARTS) is 1. The summed E-state index contributed by atoms with van der Waals surface area (Å²) in [5.74, 6) is -1.17. The highest BCUT2D eigenvalue weighted by atomic mass is 16.6. The van der Waals surface area contributed by atoms with Gasteiger partial charge in [-0.1, -0.05) is 13.0 Å². The van der Waals surface area contributed by atoms with Crippen LogP contribution in [0.4, 0.5) is 11.4 Å². The second-order valence-corrected chi connectivity index (χ2v) is 4.52. The average Bonchev–Trinajstić information content (AvgIpc) is 2.35. The van der Waals surface area contributed by atoms with Gasteiger partial charge < -0.3 is 10.4 Å². The number of aliphatic carboxylic acids is 1. The van der Waals surface area contributed by atoms with Crippen LogP contribution in [0.2, 0.25) is 0 Å². The van der Waals surface area contributed by atoms with Crippen LogP contribution in [0, 0.1) is 23.0 Å².